The molecular weight excluding hydrogens is 687 g/mol. The van der Waals surface area contributed by atoms with Gasteiger partial charge in [-0.3, -0.25) is 4.79 Å². The molecule has 0 radical (unpaired) electrons. The maximum absolute atomic E-state index is 15.7. The largest absolute Gasteiger partial charge is 0.481 e. The summed E-state index contributed by atoms with van der Waals surface area (Å²) in [6, 6.07) is 6.02. The molecule has 0 unspecified atom stereocenters. The van der Waals surface area contributed by atoms with Gasteiger partial charge in [0.25, 0.3) is 5.91 Å². The maximum Gasteiger partial charge on any atom is 0.422 e. The highest BCUT2D eigenvalue weighted by molar-refractivity contribution is 6.02. The molecule has 15 heteroatoms. The minimum absolute atomic E-state index is 0.0107. The Morgan fingerprint density at radius 3 is 2.38 bits per heavy atom. The molecule has 2 aromatic carbocycles. The van der Waals surface area contributed by atoms with Gasteiger partial charge in [0.1, 0.15) is 23.3 Å². The zero-order valence-corrected chi connectivity index (χ0v) is 29.1. The van der Waals surface area contributed by atoms with Crippen molar-refractivity contribution in [2.45, 2.75) is 56.7 Å². The SMILES string of the molecule is C=C(F)C(=O)N1CC2(CCN(c3nc(OC4CCN(CCOC)CC4)nc4c(OCC(F)(F)F)c(-c5c(N)cccc5F)c(C5CC5)cc34)CC2)C1. The molecule has 52 heavy (non-hydrogen) atoms. The monoisotopic (exact) mass is 730 g/mol. The number of rotatable bonds is 11. The molecule has 7 rings (SSSR count). The molecule has 3 aliphatic heterocycles. The predicted molar refractivity (Wildman–Crippen MR) is 186 cm³/mol. The highest BCUT2D eigenvalue weighted by Crippen LogP contribution is 2.53. The lowest BCUT2D eigenvalue weighted by Gasteiger charge is -2.54. The average Bonchev–Trinajstić information content (AvgIpc) is 3.94. The highest BCUT2D eigenvalue weighted by atomic mass is 19.4. The Morgan fingerprint density at radius 1 is 1.06 bits per heavy atom. The van der Waals surface area contributed by atoms with Crippen LogP contribution in [0.1, 0.15) is 50.0 Å². The van der Waals surface area contributed by atoms with Crippen LogP contribution in [0.4, 0.5) is 33.5 Å². The van der Waals surface area contributed by atoms with Crippen LogP contribution in [0.2, 0.25) is 0 Å². The van der Waals surface area contributed by atoms with Crippen LogP contribution in [0.3, 0.4) is 0 Å². The van der Waals surface area contributed by atoms with E-state index < -0.39 is 30.3 Å². The molecule has 280 valence electrons. The van der Waals surface area contributed by atoms with Crippen molar-refractivity contribution in [3.63, 3.8) is 0 Å². The second-order valence-electron chi connectivity index (χ2n) is 14.5. The molecule has 4 heterocycles. The number of halogens is 5. The van der Waals surface area contributed by atoms with Crippen LogP contribution in [0, 0.1) is 11.2 Å². The van der Waals surface area contributed by atoms with Crippen molar-refractivity contribution >= 4 is 28.3 Å². The van der Waals surface area contributed by atoms with E-state index in [0.29, 0.717) is 75.2 Å². The number of nitrogens with zero attached hydrogens (tertiary/aromatic N) is 5. The number of methoxy groups -OCH3 is 1. The van der Waals surface area contributed by atoms with Crippen molar-refractivity contribution in [1.82, 2.24) is 19.8 Å². The molecule has 2 N–H and O–H groups in total. The molecule has 0 bridgehead atoms. The fourth-order valence-electron chi connectivity index (χ4n) is 7.80. The number of hydrogen-bond donors (Lipinski definition) is 1. The summed E-state index contributed by atoms with van der Waals surface area (Å²) in [6.45, 7) is 6.29. The molecule has 1 amide bonds. The molecule has 0 atom stereocenters. The number of aromatic nitrogens is 2. The summed E-state index contributed by atoms with van der Waals surface area (Å²) in [6.07, 6.45) is -0.701. The van der Waals surface area contributed by atoms with Gasteiger partial charge in [-0.1, -0.05) is 12.6 Å². The zero-order chi connectivity index (χ0) is 36.8. The van der Waals surface area contributed by atoms with Gasteiger partial charge < -0.3 is 34.6 Å². The van der Waals surface area contributed by atoms with Crippen LogP contribution in [-0.4, -0.2) is 104 Å². The third kappa shape index (κ3) is 7.47. The van der Waals surface area contributed by atoms with Crippen LogP contribution in [-0.2, 0) is 9.53 Å². The number of ether oxygens (including phenoxy) is 3. The molecule has 1 aliphatic carbocycles. The molecule has 3 saturated heterocycles. The van der Waals surface area contributed by atoms with Crippen LogP contribution >= 0.6 is 0 Å². The van der Waals surface area contributed by atoms with Crippen molar-refractivity contribution in [1.29, 1.82) is 0 Å². The first-order valence-electron chi connectivity index (χ1n) is 17.7. The molecular formula is C37H43F5N6O4. The second kappa shape index (κ2) is 14.3. The molecule has 1 spiro atoms. The quantitative estimate of drug-likeness (QED) is 0.140. The van der Waals surface area contributed by atoms with Crippen molar-refractivity contribution in [2.75, 3.05) is 76.8 Å². The summed E-state index contributed by atoms with van der Waals surface area (Å²) in [4.78, 5) is 27.6. The number of amides is 1. The smallest absolute Gasteiger partial charge is 0.422 e. The van der Waals surface area contributed by atoms with E-state index in [-0.39, 0.29) is 51.5 Å². The number of nitrogen functional groups attached to an aromatic ring is 1. The Balaban J connectivity index is 1.31. The van der Waals surface area contributed by atoms with E-state index in [1.165, 1.54) is 23.1 Å². The van der Waals surface area contributed by atoms with E-state index in [0.717, 1.165) is 32.5 Å². The lowest BCUT2D eigenvalue weighted by Crippen LogP contribution is -2.62. The Kier molecular flexibility index (Phi) is 9.93. The van der Waals surface area contributed by atoms with Crippen LogP contribution in [0.15, 0.2) is 36.7 Å². The number of alkyl halides is 3. The van der Waals surface area contributed by atoms with Gasteiger partial charge in [0.2, 0.25) is 0 Å². The van der Waals surface area contributed by atoms with Crippen LogP contribution < -0.4 is 20.1 Å². The molecule has 3 aromatic rings. The summed E-state index contributed by atoms with van der Waals surface area (Å²) in [5.74, 6) is -2.17. The Bertz CT molecular complexity index is 1810. The van der Waals surface area contributed by atoms with Gasteiger partial charge in [0.05, 0.1) is 6.61 Å². The van der Waals surface area contributed by atoms with Gasteiger partial charge in [0.15, 0.2) is 18.2 Å². The van der Waals surface area contributed by atoms with Crippen molar-refractivity contribution in [3.8, 4) is 22.9 Å². The molecule has 1 aromatic heterocycles. The first-order valence-corrected chi connectivity index (χ1v) is 17.7. The van der Waals surface area contributed by atoms with Crippen LogP contribution in [0.5, 0.6) is 11.8 Å². The Morgan fingerprint density at radius 2 is 1.77 bits per heavy atom. The highest BCUT2D eigenvalue weighted by Gasteiger charge is 2.47. The third-order valence-corrected chi connectivity index (χ3v) is 10.7. The standard InChI is InChI=1S/C37H43F5N6O4/c1-22(38)34(49)48-19-36(20-48)10-14-47(15-11-36)33-26-18-25(23-6-7-23)29(30-27(39)4-3-5-28(30)43)32(51-21-37(40,41)42)31(26)44-35(45-33)52-24-8-12-46(13-9-24)16-17-50-2/h3-5,18,23-24H,1,6-17,19-21,43H2,2H3. The first-order chi connectivity index (χ1) is 24.8. The van der Waals surface area contributed by atoms with Crippen molar-refractivity contribution < 1.29 is 41.0 Å². The minimum atomic E-state index is -4.69. The van der Waals surface area contributed by atoms with Gasteiger partial charge in [-0.2, -0.15) is 23.1 Å². The van der Waals surface area contributed by atoms with Gasteiger partial charge in [-0.15, -0.1) is 0 Å². The van der Waals surface area contributed by atoms with E-state index in [1.54, 1.807) is 7.11 Å². The summed E-state index contributed by atoms with van der Waals surface area (Å²) < 4.78 is 88.0. The van der Waals surface area contributed by atoms with Gasteiger partial charge in [-0.25, -0.2) is 8.78 Å². The normalized spacial score (nSPS) is 19.6. The zero-order valence-electron chi connectivity index (χ0n) is 29.1. The van der Waals surface area contributed by atoms with E-state index in [9.17, 15) is 22.4 Å². The van der Waals surface area contributed by atoms with Gasteiger partial charge in [0, 0.05) is 80.5 Å². The minimum Gasteiger partial charge on any atom is -0.481 e. The van der Waals surface area contributed by atoms with E-state index in [1.807, 2.05) is 6.07 Å². The molecule has 1 saturated carbocycles. The number of carbonyl (C=O) groups is 1. The van der Waals surface area contributed by atoms with Crippen molar-refractivity contribution in [3.05, 3.63) is 48.1 Å². The number of piperidine rings is 2. The van der Waals surface area contributed by atoms with Gasteiger partial charge in [-0.05, 0) is 68.2 Å². The van der Waals surface area contributed by atoms with E-state index in [4.69, 9.17) is 29.9 Å². The third-order valence-electron chi connectivity index (χ3n) is 10.7. The number of nitrogens with two attached hydrogens (primary N) is 1. The topological polar surface area (TPSA) is 106 Å². The second-order valence-corrected chi connectivity index (χ2v) is 14.5. The van der Waals surface area contributed by atoms with Crippen LogP contribution in [0.25, 0.3) is 22.0 Å². The first kappa shape index (κ1) is 36.1. The summed E-state index contributed by atoms with van der Waals surface area (Å²) in [7, 11) is 1.66. The average molecular weight is 731 g/mol. The number of carbonyl (C=O) groups excluding carboxylic acids is 1. The fraction of sp³-hybridized carbons (Fsp3) is 0.541. The molecule has 4 aliphatic rings. The number of anilines is 2. The van der Waals surface area contributed by atoms with Gasteiger partial charge >= 0.3 is 12.2 Å². The summed E-state index contributed by atoms with van der Waals surface area (Å²) in [5, 5.41) is 0.467. The molecule has 10 nitrogen and oxygen atoms in total. The molecule has 4 fully saturated rings. The Labute approximate surface area is 298 Å². The number of fused-ring (bicyclic) bond motifs is 1. The lowest BCUT2D eigenvalue weighted by atomic mass is 9.72. The van der Waals surface area contributed by atoms with E-state index >= 15 is 4.39 Å². The van der Waals surface area contributed by atoms with E-state index in [2.05, 4.69) is 16.4 Å². The van der Waals surface area contributed by atoms with Crippen molar-refractivity contribution in [2.24, 2.45) is 5.41 Å². The number of likely N-dealkylation sites (tertiary alicyclic amines) is 2. The predicted octanol–water partition coefficient (Wildman–Crippen LogP) is 6.24. The fourth-order valence-corrected chi connectivity index (χ4v) is 7.80. The Hall–Kier alpha value is -4.24. The summed E-state index contributed by atoms with van der Waals surface area (Å²) >= 11 is 0. The summed E-state index contributed by atoms with van der Waals surface area (Å²) in [5.41, 5.74) is 7.02. The lowest BCUT2D eigenvalue weighted by molar-refractivity contribution is -0.153. The maximum atomic E-state index is 15.7. The number of benzene rings is 2. The number of hydrogen-bond acceptors (Lipinski definition) is 9.